The third kappa shape index (κ3) is 4.01. The van der Waals surface area contributed by atoms with Gasteiger partial charge in [0.15, 0.2) is 0 Å². The van der Waals surface area contributed by atoms with Crippen molar-refractivity contribution in [2.45, 2.75) is 12.8 Å². The van der Waals surface area contributed by atoms with Gasteiger partial charge in [0.25, 0.3) is 0 Å². The molecule has 3 N–H and O–H groups in total. The van der Waals surface area contributed by atoms with Crippen LogP contribution in [0.5, 0.6) is 5.88 Å². The number of nitrogens with two attached hydrogens (primary N) is 1. The lowest BCUT2D eigenvalue weighted by molar-refractivity contribution is 0.0968. The molecule has 0 aliphatic heterocycles. The maximum atomic E-state index is 5.77. The third-order valence-corrected chi connectivity index (χ3v) is 3.91. The van der Waals surface area contributed by atoms with Crippen molar-refractivity contribution in [2.75, 3.05) is 26.4 Å². The molecule has 3 aromatic rings. The number of ether oxygens (including phenoxy) is 2. The van der Waals surface area contributed by atoms with Gasteiger partial charge in [0.05, 0.1) is 40.5 Å². The lowest BCUT2D eigenvalue weighted by Gasteiger charge is -2.08. The zero-order valence-electron chi connectivity index (χ0n) is 12.6. The number of H-pyrrole nitrogens is 1. The average Bonchev–Trinajstić information content (AvgIpc) is 3.24. The summed E-state index contributed by atoms with van der Waals surface area (Å²) < 4.78 is 15.1. The van der Waals surface area contributed by atoms with Gasteiger partial charge in [0.2, 0.25) is 5.88 Å². The highest BCUT2D eigenvalue weighted by Gasteiger charge is 2.12. The number of aromatic amines is 1. The van der Waals surface area contributed by atoms with Crippen LogP contribution in [0.25, 0.3) is 21.5 Å². The Balaban J connectivity index is 1.64. The van der Waals surface area contributed by atoms with Crippen molar-refractivity contribution in [3.05, 3.63) is 18.5 Å². The third-order valence-electron chi connectivity index (χ3n) is 3.23. The molecule has 8 nitrogen and oxygen atoms in total. The number of pyridine rings is 1. The Labute approximate surface area is 137 Å². The predicted molar refractivity (Wildman–Crippen MR) is 87.4 cm³/mol. The number of nitrogens with one attached hydrogen (secondary N) is 1. The van der Waals surface area contributed by atoms with E-state index in [2.05, 4.69) is 24.8 Å². The van der Waals surface area contributed by atoms with E-state index in [1.54, 1.807) is 12.4 Å². The van der Waals surface area contributed by atoms with Gasteiger partial charge in [-0.25, -0.2) is 4.98 Å². The molecule has 0 unspecified atom stereocenters. The van der Waals surface area contributed by atoms with Gasteiger partial charge < -0.3 is 15.2 Å². The zero-order chi connectivity index (χ0) is 15.9. The Bertz CT molecular complexity index is 730. The first kappa shape index (κ1) is 15.8. The summed E-state index contributed by atoms with van der Waals surface area (Å²) in [6.07, 6.45) is 5.32. The van der Waals surface area contributed by atoms with Crippen LogP contribution in [-0.4, -0.2) is 51.1 Å². The van der Waals surface area contributed by atoms with Crippen molar-refractivity contribution in [3.8, 4) is 16.5 Å². The van der Waals surface area contributed by atoms with Gasteiger partial charge >= 0.3 is 0 Å². The molecule has 3 rings (SSSR count). The van der Waals surface area contributed by atoms with Crippen LogP contribution in [-0.2, 0) is 4.74 Å². The minimum atomic E-state index is 0.431. The van der Waals surface area contributed by atoms with Crippen LogP contribution in [0.4, 0.5) is 0 Å². The molecule has 0 aliphatic carbocycles. The van der Waals surface area contributed by atoms with E-state index in [1.165, 1.54) is 11.5 Å². The lowest BCUT2D eigenvalue weighted by Crippen LogP contribution is -2.09. The number of unbranched alkanes of at least 4 members (excludes halogenated alkanes) is 1. The molecular weight excluding hydrogens is 316 g/mol. The molecule has 0 amide bonds. The van der Waals surface area contributed by atoms with Crippen molar-refractivity contribution in [3.63, 3.8) is 0 Å². The van der Waals surface area contributed by atoms with Crippen LogP contribution in [0, 0.1) is 0 Å². The van der Waals surface area contributed by atoms with Crippen molar-refractivity contribution >= 4 is 22.4 Å². The van der Waals surface area contributed by atoms with Crippen LogP contribution in [0.3, 0.4) is 0 Å². The highest BCUT2D eigenvalue weighted by molar-refractivity contribution is 7.09. The average molecular weight is 334 g/mol. The summed E-state index contributed by atoms with van der Waals surface area (Å²) in [6, 6.07) is 1.91. The SMILES string of the molecule is NCCCCOCCOc1nc(-c2cnns2)cc2[nH]ncc12. The van der Waals surface area contributed by atoms with E-state index in [0.717, 1.165) is 34.3 Å². The van der Waals surface area contributed by atoms with E-state index in [0.29, 0.717) is 32.2 Å². The second-order valence-electron chi connectivity index (χ2n) is 4.88. The molecule has 0 fully saturated rings. The van der Waals surface area contributed by atoms with Crippen LogP contribution >= 0.6 is 11.5 Å². The second-order valence-corrected chi connectivity index (χ2v) is 5.67. The maximum Gasteiger partial charge on any atom is 0.225 e. The molecule has 3 heterocycles. The summed E-state index contributed by atoms with van der Waals surface area (Å²) in [6.45, 7) is 2.33. The fourth-order valence-corrected chi connectivity index (χ4v) is 2.55. The summed E-state index contributed by atoms with van der Waals surface area (Å²) in [5.74, 6) is 0.533. The molecule has 3 aromatic heterocycles. The van der Waals surface area contributed by atoms with E-state index in [9.17, 15) is 0 Å². The summed E-state index contributed by atoms with van der Waals surface area (Å²) in [4.78, 5) is 5.42. The minimum Gasteiger partial charge on any atom is -0.475 e. The maximum absolute atomic E-state index is 5.77. The first-order chi connectivity index (χ1) is 11.4. The fraction of sp³-hybridized carbons (Fsp3) is 0.429. The highest BCUT2D eigenvalue weighted by Crippen LogP contribution is 2.28. The summed E-state index contributed by atoms with van der Waals surface area (Å²) in [5, 5.41) is 11.7. The molecule has 122 valence electrons. The second kappa shape index (κ2) is 7.95. The topological polar surface area (TPSA) is 112 Å². The molecule has 0 radical (unpaired) electrons. The van der Waals surface area contributed by atoms with E-state index in [1.807, 2.05) is 6.07 Å². The van der Waals surface area contributed by atoms with Crippen LogP contribution in [0.1, 0.15) is 12.8 Å². The lowest BCUT2D eigenvalue weighted by atomic mass is 10.2. The monoisotopic (exact) mass is 334 g/mol. The molecule has 0 bridgehead atoms. The summed E-state index contributed by atoms with van der Waals surface area (Å²) in [5.41, 5.74) is 7.06. The largest absolute Gasteiger partial charge is 0.475 e. The Morgan fingerprint density at radius 2 is 2.13 bits per heavy atom. The molecule has 0 spiro atoms. The number of hydrogen-bond acceptors (Lipinski definition) is 8. The quantitative estimate of drug-likeness (QED) is 0.572. The minimum absolute atomic E-state index is 0.431. The standard InChI is InChI=1S/C14H18N6O2S/c15-3-1-2-4-21-5-6-22-14-10-8-16-19-11(10)7-12(18-14)13-9-17-20-23-13/h7-9H,1-6,15H2,(H,16,19). The molecule has 0 aliphatic rings. The smallest absolute Gasteiger partial charge is 0.225 e. The molecule has 0 aromatic carbocycles. The Morgan fingerprint density at radius 1 is 1.17 bits per heavy atom. The Morgan fingerprint density at radius 3 is 2.96 bits per heavy atom. The van der Waals surface area contributed by atoms with Gasteiger partial charge in [-0.2, -0.15) is 5.10 Å². The first-order valence-electron chi connectivity index (χ1n) is 7.41. The molecule has 23 heavy (non-hydrogen) atoms. The van der Waals surface area contributed by atoms with Gasteiger partial charge in [-0.15, -0.1) is 5.10 Å². The number of nitrogens with zero attached hydrogens (tertiary/aromatic N) is 4. The van der Waals surface area contributed by atoms with Gasteiger partial charge in [0, 0.05) is 6.61 Å². The van der Waals surface area contributed by atoms with Crippen molar-refractivity contribution in [1.82, 2.24) is 24.8 Å². The van der Waals surface area contributed by atoms with Crippen molar-refractivity contribution in [1.29, 1.82) is 0 Å². The van der Waals surface area contributed by atoms with E-state index >= 15 is 0 Å². The van der Waals surface area contributed by atoms with Gasteiger partial charge in [-0.3, -0.25) is 5.10 Å². The molecule has 9 heteroatoms. The van der Waals surface area contributed by atoms with Crippen LogP contribution < -0.4 is 10.5 Å². The number of rotatable bonds is 9. The Hall–Kier alpha value is -2.10. The molecular formula is C14H18N6O2S. The first-order valence-corrected chi connectivity index (χ1v) is 8.18. The normalized spacial score (nSPS) is 11.2. The van der Waals surface area contributed by atoms with Crippen molar-refractivity contribution in [2.24, 2.45) is 5.73 Å². The fourth-order valence-electron chi connectivity index (χ4n) is 2.08. The van der Waals surface area contributed by atoms with Gasteiger partial charge in [-0.05, 0) is 37.0 Å². The summed E-state index contributed by atoms with van der Waals surface area (Å²) in [7, 11) is 0. The van der Waals surface area contributed by atoms with Crippen LogP contribution in [0.2, 0.25) is 0 Å². The van der Waals surface area contributed by atoms with Gasteiger partial charge in [0.1, 0.15) is 6.61 Å². The van der Waals surface area contributed by atoms with Crippen LogP contribution in [0.15, 0.2) is 18.5 Å². The molecule has 0 atom stereocenters. The summed E-state index contributed by atoms with van der Waals surface area (Å²) >= 11 is 1.29. The predicted octanol–water partition coefficient (Wildman–Crippen LogP) is 1.61. The van der Waals surface area contributed by atoms with Crippen molar-refractivity contribution < 1.29 is 9.47 Å². The number of fused-ring (bicyclic) bond motifs is 1. The molecule has 0 saturated carbocycles. The van der Waals surface area contributed by atoms with E-state index in [-0.39, 0.29) is 0 Å². The number of aromatic nitrogens is 5. The van der Waals surface area contributed by atoms with E-state index < -0.39 is 0 Å². The Kier molecular flexibility index (Phi) is 5.46. The highest BCUT2D eigenvalue weighted by atomic mass is 32.1. The van der Waals surface area contributed by atoms with E-state index in [4.69, 9.17) is 15.2 Å². The number of hydrogen-bond donors (Lipinski definition) is 2. The zero-order valence-corrected chi connectivity index (χ0v) is 13.4. The van der Waals surface area contributed by atoms with Gasteiger partial charge in [-0.1, -0.05) is 4.49 Å². The molecule has 0 saturated heterocycles.